The van der Waals surface area contributed by atoms with E-state index in [2.05, 4.69) is 10.6 Å². The van der Waals surface area contributed by atoms with Crippen molar-refractivity contribution in [2.45, 2.75) is 19.8 Å². The van der Waals surface area contributed by atoms with Crippen LogP contribution in [0.25, 0.3) is 0 Å². The van der Waals surface area contributed by atoms with Gasteiger partial charge in [-0.1, -0.05) is 18.5 Å². The van der Waals surface area contributed by atoms with Crippen molar-refractivity contribution >= 4 is 23.2 Å². The average Bonchev–Trinajstić information content (AvgIpc) is 2.91. The number of hydrogen-bond acceptors (Lipinski definition) is 3. The molecule has 2 N–H and O–H groups in total. The number of carbonyl (C=O) groups excluding carboxylic acids is 1. The van der Waals surface area contributed by atoms with Gasteiger partial charge in [0, 0.05) is 6.54 Å². The molecule has 0 aliphatic carbocycles. The maximum Gasteiger partial charge on any atom is 0.231 e. The molecule has 0 bridgehead atoms. The summed E-state index contributed by atoms with van der Waals surface area (Å²) >= 11 is 6.07. The van der Waals surface area contributed by atoms with Gasteiger partial charge in [0.25, 0.3) is 0 Å². The average molecular weight is 278 g/mol. The molecule has 1 unspecified atom stereocenters. The molecule has 0 aromatic heterocycles. The van der Waals surface area contributed by atoms with E-state index < -0.39 is 0 Å². The van der Waals surface area contributed by atoms with Gasteiger partial charge < -0.3 is 10.6 Å². The molecule has 1 aliphatic heterocycles. The van der Waals surface area contributed by atoms with Crippen LogP contribution in [0.1, 0.15) is 25.3 Å². The first-order valence-corrected chi connectivity index (χ1v) is 6.71. The van der Waals surface area contributed by atoms with Gasteiger partial charge in [-0.2, -0.15) is 5.26 Å². The van der Waals surface area contributed by atoms with E-state index in [0.717, 1.165) is 19.4 Å². The second-order valence-electron chi connectivity index (χ2n) is 4.82. The van der Waals surface area contributed by atoms with Crippen molar-refractivity contribution in [2.24, 2.45) is 5.41 Å². The first-order chi connectivity index (χ1) is 9.11. The van der Waals surface area contributed by atoms with Crippen LogP contribution in [-0.2, 0) is 4.79 Å². The van der Waals surface area contributed by atoms with Crippen molar-refractivity contribution in [1.82, 2.24) is 5.32 Å². The molecule has 0 saturated carbocycles. The molecule has 1 aromatic carbocycles. The van der Waals surface area contributed by atoms with Crippen molar-refractivity contribution in [3.05, 3.63) is 28.8 Å². The fraction of sp³-hybridized carbons (Fsp3) is 0.429. The molecule has 5 heteroatoms. The Balaban J connectivity index is 2.17. The zero-order chi connectivity index (χ0) is 13.9. The lowest BCUT2D eigenvalue weighted by Gasteiger charge is -2.25. The van der Waals surface area contributed by atoms with Crippen LogP contribution in [0.2, 0.25) is 5.02 Å². The lowest BCUT2D eigenvalue weighted by atomic mass is 9.83. The number of hydrogen-bond donors (Lipinski definition) is 2. The number of halogens is 1. The van der Waals surface area contributed by atoms with Crippen LogP contribution in [0.15, 0.2) is 18.2 Å². The second kappa shape index (κ2) is 5.60. The summed E-state index contributed by atoms with van der Waals surface area (Å²) in [6, 6.07) is 6.89. The Labute approximate surface area is 117 Å². The summed E-state index contributed by atoms with van der Waals surface area (Å²) in [6.07, 6.45) is 1.63. The van der Waals surface area contributed by atoms with Crippen molar-refractivity contribution in [1.29, 1.82) is 5.26 Å². The zero-order valence-corrected chi connectivity index (χ0v) is 11.5. The molecule has 1 amide bonds. The van der Waals surface area contributed by atoms with E-state index in [-0.39, 0.29) is 11.3 Å². The Bertz CT molecular complexity index is 530. The number of nitrogens with zero attached hydrogens (tertiary/aromatic N) is 1. The van der Waals surface area contributed by atoms with E-state index in [0.29, 0.717) is 22.8 Å². The largest absolute Gasteiger partial charge is 0.324 e. The summed E-state index contributed by atoms with van der Waals surface area (Å²) in [4.78, 5) is 12.4. The fourth-order valence-electron chi connectivity index (χ4n) is 2.34. The Kier molecular flexibility index (Phi) is 4.08. The normalized spacial score (nSPS) is 21.9. The van der Waals surface area contributed by atoms with Crippen LogP contribution in [0.4, 0.5) is 5.69 Å². The first kappa shape index (κ1) is 13.9. The maximum atomic E-state index is 12.4. The number of nitriles is 1. The minimum Gasteiger partial charge on any atom is -0.324 e. The predicted octanol–water partition coefficient (Wildman–Crippen LogP) is 2.54. The summed E-state index contributed by atoms with van der Waals surface area (Å²) in [6.45, 7) is 3.58. The molecular formula is C14H16ClN3O. The molecule has 0 radical (unpaired) electrons. The SMILES string of the molecule is CCC1(C(=O)Nc2ccc(C#N)cc2Cl)CCNC1. The van der Waals surface area contributed by atoms with Gasteiger partial charge in [0.2, 0.25) is 5.91 Å². The Morgan fingerprint density at radius 1 is 1.63 bits per heavy atom. The smallest absolute Gasteiger partial charge is 0.231 e. The van der Waals surface area contributed by atoms with Crippen LogP contribution < -0.4 is 10.6 Å². The van der Waals surface area contributed by atoms with Gasteiger partial charge in [0.05, 0.1) is 27.8 Å². The first-order valence-electron chi connectivity index (χ1n) is 6.33. The molecule has 0 spiro atoms. The van der Waals surface area contributed by atoms with Gasteiger partial charge in [0.15, 0.2) is 0 Å². The summed E-state index contributed by atoms with van der Waals surface area (Å²) in [7, 11) is 0. The molecule has 1 heterocycles. The number of carbonyl (C=O) groups is 1. The number of anilines is 1. The highest BCUT2D eigenvalue weighted by Gasteiger charge is 2.39. The highest BCUT2D eigenvalue weighted by atomic mass is 35.5. The molecular weight excluding hydrogens is 262 g/mol. The highest BCUT2D eigenvalue weighted by molar-refractivity contribution is 6.33. The van der Waals surface area contributed by atoms with E-state index in [4.69, 9.17) is 16.9 Å². The van der Waals surface area contributed by atoms with Crippen molar-refractivity contribution in [3.63, 3.8) is 0 Å². The van der Waals surface area contributed by atoms with Crippen LogP contribution >= 0.6 is 11.6 Å². The minimum absolute atomic E-state index is 0.00777. The Morgan fingerprint density at radius 2 is 2.42 bits per heavy atom. The molecule has 100 valence electrons. The van der Waals surface area contributed by atoms with Crippen molar-refractivity contribution in [3.8, 4) is 6.07 Å². The second-order valence-corrected chi connectivity index (χ2v) is 5.23. The Morgan fingerprint density at radius 3 is 2.95 bits per heavy atom. The number of benzene rings is 1. The predicted molar refractivity (Wildman–Crippen MR) is 75.0 cm³/mol. The zero-order valence-electron chi connectivity index (χ0n) is 10.8. The lowest BCUT2D eigenvalue weighted by molar-refractivity contribution is -0.124. The van der Waals surface area contributed by atoms with Crippen LogP contribution in [0.3, 0.4) is 0 Å². The standard InChI is InChI=1S/C14H16ClN3O/c1-2-14(5-6-17-9-14)13(19)18-12-4-3-10(8-16)7-11(12)15/h3-4,7,17H,2,5-6,9H2,1H3,(H,18,19). The molecule has 19 heavy (non-hydrogen) atoms. The van der Waals surface area contributed by atoms with Gasteiger partial charge in [-0.3, -0.25) is 4.79 Å². The van der Waals surface area contributed by atoms with Crippen LogP contribution in [-0.4, -0.2) is 19.0 Å². The molecule has 2 rings (SSSR count). The third-order valence-corrected chi connectivity index (χ3v) is 4.06. The summed E-state index contributed by atoms with van der Waals surface area (Å²) in [5, 5.41) is 15.3. The highest BCUT2D eigenvalue weighted by Crippen LogP contribution is 2.32. The minimum atomic E-state index is -0.350. The number of nitrogens with one attached hydrogen (secondary N) is 2. The molecule has 4 nitrogen and oxygen atoms in total. The van der Waals surface area contributed by atoms with Crippen molar-refractivity contribution in [2.75, 3.05) is 18.4 Å². The van der Waals surface area contributed by atoms with E-state index in [1.54, 1.807) is 18.2 Å². The summed E-state index contributed by atoms with van der Waals surface area (Å²) < 4.78 is 0. The number of amides is 1. The molecule has 1 atom stereocenters. The third-order valence-electron chi connectivity index (χ3n) is 3.75. The Hall–Kier alpha value is -1.57. The maximum absolute atomic E-state index is 12.4. The van der Waals surface area contributed by atoms with E-state index in [1.807, 2.05) is 13.0 Å². The van der Waals surface area contributed by atoms with Crippen LogP contribution in [0.5, 0.6) is 0 Å². The third kappa shape index (κ3) is 2.73. The molecule has 1 fully saturated rings. The monoisotopic (exact) mass is 277 g/mol. The molecule has 1 saturated heterocycles. The topological polar surface area (TPSA) is 64.9 Å². The van der Waals surface area contributed by atoms with E-state index in [9.17, 15) is 4.79 Å². The van der Waals surface area contributed by atoms with E-state index >= 15 is 0 Å². The van der Waals surface area contributed by atoms with Gasteiger partial charge in [-0.05, 0) is 37.6 Å². The van der Waals surface area contributed by atoms with Gasteiger partial charge in [0.1, 0.15) is 0 Å². The lowest BCUT2D eigenvalue weighted by Crippen LogP contribution is -2.37. The van der Waals surface area contributed by atoms with Gasteiger partial charge in [-0.25, -0.2) is 0 Å². The molecule has 1 aliphatic rings. The summed E-state index contributed by atoms with van der Waals surface area (Å²) in [5.41, 5.74) is 0.693. The molecule has 1 aromatic rings. The van der Waals surface area contributed by atoms with Gasteiger partial charge in [-0.15, -0.1) is 0 Å². The van der Waals surface area contributed by atoms with E-state index in [1.165, 1.54) is 0 Å². The fourth-order valence-corrected chi connectivity index (χ4v) is 2.57. The van der Waals surface area contributed by atoms with Gasteiger partial charge >= 0.3 is 0 Å². The number of rotatable bonds is 3. The summed E-state index contributed by atoms with van der Waals surface area (Å²) in [5.74, 6) is -0.00777. The van der Waals surface area contributed by atoms with Crippen molar-refractivity contribution < 1.29 is 4.79 Å². The van der Waals surface area contributed by atoms with Crippen LogP contribution in [0, 0.1) is 16.7 Å². The quantitative estimate of drug-likeness (QED) is 0.892.